The molecule has 13 heavy (non-hydrogen) atoms. The SMILES string of the molecule is COc1cc2ccccc2cc1C. The molecule has 0 saturated carbocycles. The molecule has 0 heterocycles. The Morgan fingerprint density at radius 1 is 1.00 bits per heavy atom. The van der Waals surface area contributed by atoms with Gasteiger partial charge in [0.25, 0.3) is 0 Å². The molecule has 0 aliphatic rings. The molecular formula is C12H12O. The third kappa shape index (κ3) is 1.37. The van der Waals surface area contributed by atoms with Crippen LogP contribution in [0.4, 0.5) is 0 Å². The second-order valence-corrected chi connectivity index (χ2v) is 3.17. The lowest BCUT2D eigenvalue weighted by Crippen LogP contribution is -1.86. The Hall–Kier alpha value is -1.50. The summed E-state index contributed by atoms with van der Waals surface area (Å²) in [5.74, 6) is 0.957. The van der Waals surface area contributed by atoms with E-state index in [1.54, 1.807) is 7.11 Å². The number of fused-ring (bicyclic) bond motifs is 1. The molecule has 2 rings (SSSR count). The lowest BCUT2D eigenvalue weighted by atomic mass is 10.1. The van der Waals surface area contributed by atoms with Crippen molar-refractivity contribution in [1.29, 1.82) is 0 Å². The van der Waals surface area contributed by atoms with Crippen LogP contribution in [0.3, 0.4) is 0 Å². The van der Waals surface area contributed by atoms with Gasteiger partial charge in [-0.1, -0.05) is 24.3 Å². The molecule has 0 aromatic heterocycles. The molecule has 0 radical (unpaired) electrons. The molecule has 0 N–H and O–H groups in total. The van der Waals surface area contributed by atoms with Gasteiger partial charge in [-0.05, 0) is 35.4 Å². The number of rotatable bonds is 1. The van der Waals surface area contributed by atoms with Gasteiger partial charge in [0.15, 0.2) is 0 Å². The van der Waals surface area contributed by atoms with E-state index in [1.165, 1.54) is 16.3 Å². The Balaban J connectivity index is 2.74. The topological polar surface area (TPSA) is 9.23 Å². The van der Waals surface area contributed by atoms with Crippen molar-refractivity contribution in [3.05, 3.63) is 42.0 Å². The fourth-order valence-electron chi connectivity index (χ4n) is 1.55. The Morgan fingerprint density at radius 2 is 1.62 bits per heavy atom. The average Bonchev–Trinajstić information content (AvgIpc) is 2.17. The average molecular weight is 172 g/mol. The molecule has 66 valence electrons. The van der Waals surface area contributed by atoms with E-state index in [9.17, 15) is 0 Å². The van der Waals surface area contributed by atoms with E-state index >= 15 is 0 Å². The van der Waals surface area contributed by atoms with E-state index in [-0.39, 0.29) is 0 Å². The van der Waals surface area contributed by atoms with E-state index in [0.717, 1.165) is 5.75 Å². The number of ether oxygens (including phenoxy) is 1. The van der Waals surface area contributed by atoms with Crippen molar-refractivity contribution in [2.45, 2.75) is 6.92 Å². The van der Waals surface area contributed by atoms with Crippen molar-refractivity contribution in [1.82, 2.24) is 0 Å². The summed E-state index contributed by atoms with van der Waals surface area (Å²) >= 11 is 0. The number of methoxy groups -OCH3 is 1. The second kappa shape index (κ2) is 3.09. The molecule has 0 aliphatic carbocycles. The van der Waals surface area contributed by atoms with Crippen LogP contribution in [0.5, 0.6) is 5.75 Å². The van der Waals surface area contributed by atoms with Crippen LogP contribution in [0.15, 0.2) is 36.4 Å². The molecule has 0 unspecified atom stereocenters. The molecule has 0 aliphatic heterocycles. The largest absolute Gasteiger partial charge is 0.496 e. The minimum atomic E-state index is 0.957. The fraction of sp³-hybridized carbons (Fsp3) is 0.167. The lowest BCUT2D eigenvalue weighted by molar-refractivity contribution is 0.412. The molecule has 0 saturated heterocycles. The van der Waals surface area contributed by atoms with Gasteiger partial charge in [0.2, 0.25) is 0 Å². The van der Waals surface area contributed by atoms with Gasteiger partial charge in [-0.2, -0.15) is 0 Å². The van der Waals surface area contributed by atoms with Gasteiger partial charge < -0.3 is 4.74 Å². The van der Waals surface area contributed by atoms with Crippen LogP contribution in [0.2, 0.25) is 0 Å². The summed E-state index contributed by atoms with van der Waals surface area (Å²) in [5, 5.41) is 2.49. The highest BCUT2D eigenvalue weighted by Gasteiger charge is 1.99. The molecular weight excluding hydrogens is 160 g/mol. The monoisotopic (exact) mass is 172 g/mol. The minimum absolute atomic E-state index is 0.957. The zero-order valence-corrected chi connectivity index (χ0v) is 7.87. The molecule has 0 amide bonds. The third-order valence-corrected chi connectivity index (χ3v) is 2.26. The molecule has 0 spiro atoms. The smallest absolute Gasteiger partial charge is 0.122 e. The van der Waals surface area contributed by atoms with Crippen molar-refractivity contribution in [3.8, 4) is 5.75 Å². The van der Waals surface area contributed by atoms with Gasteiger partial charge in [0.05, 0.1) is 7.11 Å². The van der Waals surface area contributed by atoms with Crippen LogP contribution < -0.4 is 4.74 Å². The molecule has 0 atom stereocenters. The Bertz CT molecular complexity index is 432. The maximum atomic E-state index is 5.25. The molecule has 2 aromatic carbocycles. The summed E-state index contributed by atoms with van der Waals surface area (Å²) in [6.07, 6.45) is 0. The van der Waals surface area contributed by atoms with Crippen LogP contribution in [-0.4, -0.2) is 7.11 Å². The lowest BCUT2D eigenvalue weighted by Gasteiger charge is -2.06. The van der Waals surface area contributed by atoms with Crippen LogP contribution in [0.25, 0.3) is 10.8 Å². The van der Waals surface area contributed by atoms with Crippen molar-refractivity contribution in [2.75, 3.05) is 7.11 Å². The number of hydrogen-bond acceptors (Lipinski definition) is 1. The van der Waals surface area contributed by atoms with Crippen LogP contribution in [0.1, 0.15) is 5.56 Å². The van der Waals surface area contributed by atoms with Gasteiger partial charge in [0, 0.05) is 0 Å². The van der Waals surface area contributed by atoms with E-state index in [0.29, 0.717) is 0 Å². The first-order valence-corrected chi connectivity index (χ1v) is 4.34. The van der Waals surface area contributed by atoms with Gasteiger partial charge in [-0.25, -0.2) is 0 Å². The Kier molecular flexibility index (Phi) is 1.93. The Labute approximate surface area is 78.0 Å². The number of benzene rings is 2. The van der Waals surface area contributed by atoms with Gasteiger partial charge in [0.1, 0.15) is 5.75 Å². The van der Waals surface area contributed by atoms with Crippen LogP contribution >= 0.6 is 0 Å². The van der Waals surface area contributed by atoms with Gasteiger partial charge in [-0.15, -0.1) is 0 Å². The summed E-state index contributed by atoms with van der Waals surface area (Å²) in [6, 6.07) is 12.5. The number of hydrogen-bond donors (Lipinski definition) is 0. The minimum Gasteiger partial charge on any atom is -0.496 e. The first-order chi connectivity index (χ1) is 6.31. The third-order valence-electron chi connectivity index (χ3n) is 2.26. The zero-order chi connectivity index (χ0) is 9.26. The van der Waals surface area contributed by atoms with E-state index < -0.39 is 0 Å². The van der Waals surface area contributed by atoms with E-state index in [2.05, 4.69) is 31.2 Å². The fourth-order valence-corrected chi connectivity index (χ4v) is 1.55. The van der Waals surface area contributed by atoms with E-state index in [1.807, 2.05) is 12.1 Å². The summed E-state index contributed by atoms with van der Waals surface area (Å²) < 4.78 is 5.25. The zero-order valence-electron chi connectivity index (χ0n) is 7.87. The van der Waals surface area contributed by atoms with Gasteiger partial charge >= 0.3 is 0 Å². The standard InChI is InChI=1S/C12H12O/c1-9-7-10-5-3-4-6-11(10)8-12(9)13-2/h3-8H,1-2H3. The van der Waals surface area contributed by atoms with Crippen molar-refractivity contribution < 1.29 is 4.74 Å². The maximum absolute atomic E-state index is 5.25. The molecule has 2 aromatic rings. The predicted molar refractivity (Wildman–Crippen MR) is 55.2 cm³/mol. The summed E-state index contributed by atoms with van der Waals surface area (Å²) in [5.41, 5.74) is 1.18. The molecule has 1 nitrogen and oxygen atoms in total. The highest BCUT2D eigenvalue weighted by atomic mass is 16.5. The van der Waals surface area contributed by atoms with Crippen molar-refractivity contribution in [2.24, 2.45) is 0 Å². The Morgan fingerprint density at radius 3 is 2.23 bits per heavy atom. The summed E-state index contributed by atoms with van der Waals surface area (Å²) in [6.45, 7) is 2.06. The van der Waals surface area contributed by atoms with E-state index in [4.69, 9.17) is 4.74 Å². The summed E-state index contributed by atoms with van der Waals surface area (Å²) in [7, 11) is 1.71. The van der Waals surface area contributed by atoms with Crippen molar-refractivity contribution in [3.63, 3.8) is 0 Å². The quantitative estimate of drug-likeness (QED) is 0.642. The highest BCUT2D eigenvalue weighted by Crippen LogP contribution is 2.24. The number of aryl methyl sites for hydroxylation is 1. The van der Waals surface area contributed by atoms with Crippen molar-refractivity contribution >= 4 is 10.8 Å². The maximum Gasteiger partial charge on any atom is 0.122 e. The normalized spacial score (nSPS) is 10.3. The molecule has 0 bridgehead atoms. The van der Waals surface area contributed by atoms with Gasteiger partial charge in [-0.3, -0.25) is 0 Å². The first-order valence-electron chi connectivity index (χ1n) is 4.34. The molecule has 0 fully saturated rings. The summed E-state index contributed by atoms with van der Waals surface area (Å²) in [4.78, 5) is 0. The van der Waals surface area contributed by atoms with Crippen LogP contribution in [-0.2, 0) is 0 Å². The highest BCUT2D eigenvalue weighted by molar-refractivity contribution is 5.84. The molecule has 1 heteroatoms. The second-order valence-electron chi connectivity index (χ2n) is 3.17. The predicted octanol–water partition coefficient (Wildman–Crippen LogP) is 3.16. The first kappa shape index (κ1) is 8.11. The van der Waals surface area contributed by atoms with Crippen LogP contribution in [0, 0.1) is 6.92 Å².